The zero-order chi connectivity index (χ0) is 24.3. The van der Waals surface area contributed by atoms with Crippen molar-refractivity contribution in [2.24, 2.45) is 0 Å². The highest BCUT2D eigenvalue weighted by atomic mass is 32.1. The van der Waals surface area contributed by atoms with E-state index in [0.717, 1.165) is 17.4 Å². The molecule has 1 aromatic carbocycles. The lowest BCUT2D eigenvalue weighted by Crippen LogP contribution is -2.34. The van der Waals surface area contributed by atoms with E-state index in [9.17, 15) is 27.6 Å². The number of amides is 1. The molecule has 0 atom stereocenters. The van der Waals surface area contributed by atoms with Crippen molar-refractivity contribution in [2.45, 2.75) is 26.8 Å². The van der Waals surface area contributed by atoms with Crippen LogP contribution in [0.1, 0.15) is 34.4 Å². The van der Waals surface area contributed by atoms with Gasteiger partial charge in [-0.05, 0) is 37.6 Å². The molecule has 3 aromatic rings. The highest BCUT2D eigenvalue weighted by molar-refractivity contribution is 7.20. The molecule has 0 radical (unpaired) electrons. The third-order valence-electron chi connectivity index (χ3n) is 4.81. The molecule has 12 heteroatoms. The van der Waals surface area contributed by atoms with Crippen molar-refractivity contribution >= 4 is 39.1 Å². The van der Waals surface area contributed by atoms with Gasteiger partial charge in [-0.15, -0.1) is 11.3 Å². The molecule has 0 saturated carbocycles. The summed E-state index contributed by atoms with van der Waals surface area (Å²) in [4.78, 5) is 46.3. The van der Waals surface area contributed by atoms with E-state index in [2.05, 4.69) is 15.3 Å². The minimum Gasteiger partial charge on any atom is -0.465 e. The van der Waals surface area contributed by atoms with Crippen LogP contribution in [0.25, 0.3) is 10.2 Å². The molecule has 0 unspecified atom stereocenters. The van der Waals surface area contributed by atoms with Gasteiger partial charge in [-0.2, -0.15) is 0 Å². The molecular weight excluding hydrogens is 461 g/mol. The predicted molar refractivity (Wildman–Crippen MR) is 117 cm³/mol. The maximum Gasteiger partial charge on any atom is 0.348 e. The van der Waals surface area contributed by atoms with Crippen LogP contribution in [0.2, 0.25) is 0 Å². The zero-order valence-corrected chi connectivity index (χ0v) is 18.9. The molecule has 0 fully saturated rings. The number of H-pyrrole nitrogens is 1. The first-order valence-electron chi connectivity index (χ1n) is 9.92. The van der Waals surface area contributed by atoms with Crippen molar-refractivity contribution in [3.8, 4) is 0 Å². The Morgan fingerprint density at radius 1 is 1.24 bits per heavy atom. The van der Waals surface area contributed by atoms with Crippen LogP contribution in [0, 0.1) is 24.4 Å². The molecule has 0 aliphatic heterocycles. The number of hydrogen-bond acceptors (Lipinski definition) is 7. The number of ether oxygens (including phenoxy) is 1. The predicted octanol–water partition coefficient (Wildman–Crippen LogP) is 3.35. The van der Waals surface area contributed by atoms with Crippen molar-refractivity contribution in [2.75, 3.05) is 25.5 Å². The van der Waals surface area contributed by atoms with Gasteiger partial charge in [0.2, 0.25) is 5.91 Å². The van der Waals surface area contributed by atoms with Crippen LogP contribution in [0.3, 0.4) is 0 Å². The van der Waals surface area contributed by atoms with Crippen LogP contribution in [0.5, 0.6) is 0 Å². The van der Waals surface area contributed by atoms with E-state index in [0.29, 0.717) is 29.4 Å². The molecule has 2 aromatic heterocycles. The largest absolute Gasteiger partial charge is 0.465 e. The first-order valence-corrected chi connectivity index (χ1v) is 10.7. The van der Waals surface area contributed by atoms with Gasteiger partial charge in [0.1, 0.15) is 15.5 Å². The molecule has 0 aliphatic rings. The van der Waals surface area contributed by atoms with E-state index < -0.39 is 40.6 Å². The number of esters is 1. The van der Waals surface area contributed by atoms with Gasteiger partial charge < -0.3 is 15.0 Å². The third-order valence-corrected chi connectivity index (χ3v) is 5.98. The fourth-order valence-corrected chi connectivity index (χ4v) is 4.43. The maximum absolute atomic E-state index is 13.8. The average molecular weight is 482 g/mol. The summed E-state index contributed by atoms with van der Waals surface area (Å²) < 4.78 is 45.1. The molecule has 3 rings (SSSR count). The number of carbonyl (C=O) groups is 2. The maximum atomic E-state index is 13.8. The Morgan fingerprint density at radius 2 is 1.97 bits per heavy atom. The van der Waals surface area contributed by atoms with Crippen LogP contribution in [0.4, 0.5) is 18.9 Å². The lowest BCUT2D eigenvalue weighted by Gasteiger charge is -2.20. The summed E-state index contributed by atoms with van der Waals surface area (Å²) in [6, 6.07) is 1.65. The number of aromatic amines is 1. The fraction of sp³-hybridized carbons (Fsp3) is 0.333. The Labute approximate surface area is 190 Å². The Morgan fingerprint density at radius 3 is 2.64 bits per heavy atom. The first kappa shape index (κ1) is 24.4. The monoisotopic (exact) mass is 482 g/mol. The highest BCUT2D eigenvalue weighted by Gasteiger charge is 2.21. The van der Waals surface area contributed by atoms with Gasteiger partial charge in [-0.1, -0.05) is 6.92 Å². The summed E-state index contributed by atoms with van der Waals surface area (Å²) in [6.07, 6.45) is 0.657. The molecule has 8 nitrogen and oxygen atoms in total. The second-order valence-electron chi connectivity index (χ2n) is 7.22. The van der Waals surface area contributed by atoms with E-state index in [1.807, 2.05) is 6.92 Å². The Bertz CT molecular complexity index is 1270. The topological polar surface area (TPSA) is 104 Å². The lowest BCUT2D eigenvalue weighted by atomic mass is 10.2. The number of thiophene rings is 1. The summed E-state index contributed by atoms with van der Waals surface area (Å²) in [6.45, 7) is 3.81. The van der Waals surface area contributed by atoms with E-state index in [4.69, 9.17) is 4.74 Å². The van der Waals surface area contributed by atoms with Gasteiger partial charge in [0.15, 0.2) is 17.5 Å². The van der Waals surface area contributed by atoms with Gasteiger partial charge in [-0.3, -0.25) is 14.5 Å². The van der Waals surface area contributed by atoms with Crippen LogP contribution in [0.15, 0.2) is 16.9 Å². The minimum absolute atomic E-state index is 0.0806. The molecule has 0 saturated heterocycles. The van der Waals surface area contributed by atoms with Crippen LogP contribution in [-0.2, 0) is 16.1 Å². The summed E-state index contributed by atoms with van der Waals surface area (Å²) in [5, 5.41) is 2.51. The van der Waals surface area contributed by atoms with E-state index in [-0.39, 0.29) is 29.2 Å². The number of nitrogens with zero attached hydrogens (tertiary/aromatic N) is 2. The van der Waals surface area contributed by atoms with E-state index in [1.165, 1.54) is 7.11 Å². The van der Waals surface area contributed by atoms with Crippen molar-refractivity contribution in [3.63, 3.8) is 0 Å². The quantitative estimate of drug-likeness (QED) is 0.377. The molecule has 176 valence electrons. The molecule has 0 aliphatic carbocycles. The van der Waals surface area contributed by atoms with Crippen LogP contribution < -0.4 is 10.9 Å². The van der Waals surface area contributed by atoms with E-state index in [1.54, 1.807) is 11.8 Å². The molecule has 2 N–H and O–H groups in total. The number of fused-ring (bicyclic) bond motifs is 1. The smallest absolute Gasteiger partial charge is 0.348 e. The Hall–Kier alpha value is -3.25. The second-order valence-corrected chi connectivity index (χ2v) is 8.22. The number of rotatable bonds is 8. The number of benzene rings is 1. The number of carbonyl (C=O) groups excluding carboxylic acids is 2. The first-order chi connectivity index (χ1) is 15.7. The number of aromatic nitrogens is 2. The molecular formula is C21H21F3N4O4S. The third kappa shape index (κ3) is 5.22. The van der Waals surface area contributed by atoms with Crippen molar-refractivity contribution in [1.29, 1.82) is 0 Å². The molecule has 0 bridgehead atoms. The van der Waals surface area contributed by atoms with Crippen molar-refractivity contribution < 1.29 is 27.5 Å². The number of anilines is 1. The number of hydrogen-bond donors (Lipinski definition) is 2. The Balaban J connectivity index is 1.80. The molecule has 2 heterocycles. The SMILES string of the molecule is CCCN(CC(=O)Nc1ccc(F)c(F)c1F)Cc1nc2sc(C(=O)OC)c(C)c2c(=O)[nH]1. The van der Waals surface area contributed by atoms with Gasteiger partial charge in [0.25, 0.3) is 5.56 Å². The van der Waals surface area contributed by atoms with Gasteiger partial charge in [0, 0.05) is 0 Å². The molecule has 0 spiro atoms. The zero-order valence-electron chi connectivity index (χ0n) is 18.1. The molecule has 33 heavy (non-hydrogen) atoms. The number of aryl methyl sites for hydroxylation is 1. The highest BCUT2D eigenvalue weighted by Crippen LogP contribution is 2.27. The van der Waals surface area contributed by atoms with E-state index >= 15 is 0 Å². The number of nitrogens with one attached hydrogen (secondary N) is 2. The number of methoxy groups -OCH3 is 1. The van der Waals surface area contributed by atoms with Gasteiger partial charge >= 0.3 is 5.97 Å². The fourth-order valence-electron chi connectivity index (χ4n) is 3.31. The standard InChI is InChI=1S/C21H21F3N4O4S/c1-4-7-28(9-14(29)25-12-6-5-11(22)16(23)17(12)24)8-13-26-19(30)15-10(2)18(21(31)32-3)33-20(15)27-13/h5-6H,4,7-9H2,1-3H3,(H,25,29)(H,26,27,30). The summed E-state index contributed by atoms with van der Waals surface area (Å²) in [5.41, 5.74) is -0.433. The van der Waals surface area contributed by atoms with Crippen molar-refractivity contribution in [3.05, 3.63) is 56.2 Å². The molecule has 1 amide bonds. The second kappa shape index (κ2) is 10.1. The number of halogens is 3. The Kier molecular flexibility index (Phi) is 7.49. The summed E-state index contributed by atoms with van der Waals surface area (Å²) in [7, 11) is 1.25. The van der Waals surface area contributed by atoms with Crippen LogP contribution in [-0.4, -0.2) is 46.9 Å². The van der Waals surface area contributed by atoms with Gasteiger partial charge in [0.05, 0.1) is 31.3 Å². The van der Waals surface area contributed by atoms with Crippen molar-refractivity contribution in [1.82, 2.24) is 14.9 Å². The minimum atomic E-state index is -1.68. The lowest BCUT2D eigenvalue weighted by molar-refractivity contribution is -0.117. The van der Waals surface area contributed by atoms with Crippen LogP contribution >= 0.6 is 11.3 Å². The van der Waals surface area contributed by atoms with Gasteiger partial charge in [-0.25, -0.2) is 22.9 Å². The average Bonchev–Trinajstić information content (AvgIpc) is 3.10. The normalized spacial score (nSPS) is 11.2. The summed E-state index contributed by atoms with van der Waals surface area (Å²) in [5.74, 6) is -5.47. The summed E-state index contributed by atoms with van der Waals surface area (Å²) >= 11 is 1.03.